The van der Waals surface area contributed by atoms with E-state index in [1.54, 1.807) is 13.0 Å². The van der Waals surface area contributed by atoms with E-state index < -0.39 is 20.0 Å². The molecule has 1 aliphatic rings. The molecule has 10 heteroatoms. The van der Waals surface area contributed by atoms with Gasteiger partial charge < -0.3 is 5.32 Å². The van der Waals surface area contributed by atoms with Gasteiger partial charge in [0.2, 0.25) is 26.0 Å². The molecule has 146 valence electrons. The maximum atomic E-state index is 12.5. The minimum atomic E-state index is -3.59. The second-order valence-corrected chi connectivity index (χ2v) is 10.8. The molecule has 1 amide bonds. The lowest BCUT2D eigenvalue weighted by Gasteiger charge is -2.29. The maximum Gasteiger partial charge on any atom is 0.242 e. The zero-order chi connectivity index (χ0) is 19.7. The molecule has 1 heterocycles. The fraction of sp³-hybridized carbons (Fsp3) is 0.562. The van der Waals surface area contributed by atoms with Gasteiger partial charge in [0.15, 0.2) is 0 Å². The Balaban J connectivity index is 2.13. The summed E-state index contributed by atoms with van der Waals surface area (Å²) in [5.41, 5.74) is 1.20. The van der Waals surface area contributed by atoms with Gasteiger partial charge in [-0.25, -0.2) is 25.4 Å². The summed E-state index contributed by atoms with van der Waals surface area (Å²) in [6, 6.07) is 4.61. The molecule has 1 aromatic rings. The Kier molecular flexibility index (Phi) is 6.11. The van der Waals surface area contributed by atoms with Gasteiger partial charge in [0.1, 0.15) is 0 Å². The van der Waals surface area contributed by atoms with Crippen LogP contribution in [0, 0.1) is 12.8 Å². The Hall–Kier alpha value is -1.49. The van der Waals surface area contributed by atoms with E-state index in [-0.39, 0.29) is 16.7 Å². The van der Waals surface area contributed by atoms with Gasteiger partial charge >= 0.3 is 0 Å². The number of nitrogens with zero attached hydrogens (tertiary/aromatic N) is 2. The van der Waals surface area contributed by atoms with Crippen molar-refractivity contribution in [3.63, 3.8) is 0 Å². The average Bonchev–Trinajstić information content (AvgIpc) is 2.55. The molecular formula is C16H25N3O5S2. The summed E-state index contributed by atoms with van der Waals surface area (Å²) in [6.45, 7) is 2.41. The lowest BCUT2D eigenvalue weighted by molar-refractivity contribution is -0.120. The summed E-state index contributed by atoms with van der Waals surface area (Å²) in [4.78, 5) is 12.6. The molecule has 0 aromatic heterocycles. The zero-order valence-corrected chi connectivity index (χ0v) is 17.0. The third kappa shape index (κ3) is 4.61. The number of amides is 1. The Morgan fingerprint density at radius 3 is 2.23 bits per heavy atom. The fourth-order valence-corrected chi connectivity index (χ4v) is 4.59. The minimum absolute atomic E-state index is 0.107. The van der Waals surface area contributed by atoms with Gasteiger partial charge in [0, 0.05) is 38.8 Å². The number of benzene rings is 1. The van der Waals surface area contributed by atoms with E-state index in [1.165, 1.54) is 30.5 Å². The summed E-state index contributed by atoms with van der Waals surface area (Å²) in [7, 11) is -3.94. The molecule has 0 atom stereocenters. The second kappa shape index (κ2) is 7.63. The van der Waals surface area contributed by atoms with Crippen LogP contribution in [0.25, 0.3) is 0 Å². The molecule has 0 radical (unpaired) electrons. The van der Waals surface area contributed by atoms with Crippen LogP contribution in [0.3, 0.4) is 0 Å². The first kappa shape index (κ1) is 20.8. The van der Waals surface area contributed by atoms with Crippen LogP contribution in [0.4, 0.5) is 5.69 Å². The number of piperidine rings is 1. The van der Waals surface area contributed by atoms with Crippen molar-refractivity contribution in [2.24, 2.45) is 5.92 Å². The molecule has 0 bridgehead atoms. The fourth-order valence-electron chi connectivity index (χ4n) is 2.79. The number of carbonyl (C=O) groups excluding carboxylic acids is 1. The van der Waals surface area contributed by atoms with Gasteiger partial charge in [0.05, 0.1) is 11.2 Å². The molecule has 1 fully saturated rings. The van der Waals surface area contributed by atoms with Gasteiger partial charge in [-0.05, 0) is 37.5 Å². The van der Waals surface area contributed by atoms with Gasteiger partial charge in [-0.1, -0.05) is 6.07 Å². The van der Waals surface area contributed by atoms with Gasteiger partial charge in [-0.3, -0.25) is 4.79 Å². The highest BCUT2D eigenvalue weighted by Gasteiger charge is 2.29. The molecule has 0 aliphatic carbocycles. The molecule has 8 nitrogen and oxygen atoms in total. The van der Waals surface area contributed by atoms with Crippen molar-refractivity contribution in [2.75, 3.05) is 38.8 Å². The summed E-state index contributed by atoms with van der Waals surface area (Å²) >= 11 is 0. The molecule has 0 spiro atoms. The number of nitrogens with one attached hydrogen (secondary N) is 1. The number of rotatable bonds is 5. The first-order chi connectivity index (χ1) is 11.9. The van der Waals surface area contributed by atoms with Crippen molar-refractivity contribution in [1.29, 1.82) is 0 Å². The normalized spacial score (nSPS) is 17.4. The molecule has 2 rings (SSSR count). The largest absolute Gasteiger partial charge is 0.326 e. The quantitative estimate of drug-likeness (QED) is 0.785. The summed E-state index contributed by atoms with van der Waals surface area (Å²) < 4.78 is 50.1. The summed E-state index contributed by atoms with van der Waals surface area (Å²) in [5, 5.41) is 2.80. The van der Waals surface area contributed by atoms with Crippen molar-refractivity contribution in [1.82, 2.24) is 8.61 Å². The van der Waals surface area contributed by atoms with E-state index >= 15 is 0 Å². The van der Waals surface area contributed by atoms with E-state index in [0.717, 1.165) is 16.1 Å². The van der Waals surface area contributed by atoms with Crippen molar-refractivity contribution in [3.8, 4) is 0 Å². The molecule has 1 aliphatic heterocycles. The Bertz CT molecular complexity index is 886. The van der Waals surface area contributed by atoms with Crippen molar-refractivity contribution in [3.05, 3.63) is 23.8 Å². The van der Waals surface area contributed by atoms with E-state index in [1.807, 2.05) is 0 Å². The first-order valence-corrected chi connectivity index (χ1v) is 11.5. The van der Waals surface area contributed by atoms with Gasteiger partial charge in [-0.2, -0.15) is 0 Å². The van der Waals surface area contributed by atoms with Crippen LogP contribution in [-0.2, 0) is 24.8 Å². The summed E-state index contributed by atoms with van der Waals surface area (Å²) in [5.74, 6) is -0.526. The predicted octanol–water partition coefficient (Wildman–Crippen LogP) is 0.855. The smallest absolute Gasteiger partial charge is 0.242 e. The van der Waals surface area contributed by atoms with Crippen LogP contribution in [0.5, 0.6) is 0 Å². The topological polar surface area (TPSA) is 104 Å². The van der Waals surface area contributed by atoms with E-state index in [2.05, 4.69) is 5.32 Å². The molecule has 1 aromatic carbocycles. The van der Waals surface area contributed by atoms with Crippen molar-refractivity contribution < 1.29 is 21.6 Å². The highest BCUT2D eigenvalue weighted by molar-refractivity contribution is 7.89. The van der Waals surface area contributed by atoms with E-state index in [9.17, 15) is 21.6 Å². The van der Waals surface area contributed by atoms with Crippen LogP contribution >= 0.6 is 0 Å². The van der Waals surface area contributed by atoms with Crippen LogP contribution in [0.2, 0.25) is 0 Å². The second-order valence-electron chi connectivity index (χ2n) is 6.69. The Morgan fingerprint density at radius 2 is 1.73 bits per heavy atom. The van der Waals surface area contributed by atoms with E-state index in [0.29, 0.717) is 31.6 Å². The molecular weight excluding hydrogens is 378 g/mol. The predicted molar refractivity (Wildman–Crippen MR) is 99.8 cm³/mol. The lowest BCUT2D eigenvalue weighted by atomic mass is 9.97. The average molecular weight is 404 g/mol. The summed E-state index contributed by atoms with van der Waals surface area (Å²) in [6.07, 6.45) is 2.04. The zero-order valence-electron chi connectivity index (χ0n) is 15.4. The number of anilines is 1. The monoisotopic (exact) mass is 403 g/mol. The van der Waals surface area contributed by atoms with Crippen molar-refractivity contribution in [2.45, 2.75) is 24.7 Å². The third-order valence-electron chi connectivity index (χ3n) is 4.54. The number of hydrogen-bond donors (Lipinski definition) is 1. The molecule has 0 unspecified atom stereocenters. The standard InChI is InChI=1S/C16H25N3O5S2/c1-12-5-6-14(26(23,24)18(2)3)11-15(12)17-16(20)13-7-9-19(10-8-13)25(4,21)22/h5-6,11,13H,7-10H2,1-4H3,(H,17,20). The van der Waals surface area contributed by atoms with Crippen LogP contribution in [0.15, 0.2) is 23.1 Å². The lowest BCUT2D eigenvalue weighted by Crippen LogP contribution is -2.40. The number of carbonyl (C=O) groups is 1. The van der Waals surface area contributed by atoms with Gasteiger partial charge in [-0.15, -0.1) is 0 Å². The van der Waals surface area contributed by atoms with Crippen molar-refractivity contribution >= 4 is 31.6 Å². The van der Waals surface area contributed by atoms with Crippen LogP contribution in [0.1, 0.15) is 18.4 Å². The maximum absolute atomic E-state index is 12.5. The van der Waals surface area contributed by atoms with E-state index in [4.69, 9.17) is 0 Å². The van der Waals surface area contributed by atoms with Crippen LogP contribution in [-0.4, -0.2) is 64.8 Å². The number of sulfonamides is 2. The van der Waals surface area contributed by atoms with Gasteiger partial charge in [0.25, 0.3) is 0 Å². The SMILES string of the molecule is Cc1ccc(S(=O)(=O)N(C)C)cc1NC(=O)C1CCN(S(C)(=O)=O)CC1. The number of aryl methyl sites for hydroxylation is 1. The molecule has 26 heavy (non-hydrogen) atoms. The highest BCUT2D eigenvalue weighted by Crippen LogP contribution is 2.25. The molecule has 1 saturated heterocycles. The Labute approximate surface area is 155 Å². The Morgan fingerprint density at radius 1 is 1.15 bits per heavy atom. The van der Waals surface area contributed by atoms with Crippen LogP contribution < -0.4 is 5.32 Å². The molecule has 0 saturated carbocycles. The number of hydrogen-bond acceptors (Lipinski definition) is 5. The highest BCUT2D eigenvalue weighted by atomic mass is 32.2. The minimum Gasteiger partial charge on any atom is -0.326 e. The first-order valence-electron chi connectivity index (χ1n) is 8.22. The molecule has 1 N–H and O–H groups in total. The third-order valence-corrected chi connectivity index (χ3v) is 7.65.